The molecule has 0 saturated carbocycles. The molecule has 0 aliphatic carbocycles. The normalized spacial score (nSPS) is 12.6. The molecule has 6 nitrogen and oxygen atoms in total. The van der Waals surface area contributed by atoms with Crippen LogP contribution < -0.4 is 10.1 Å². The van der Waals surface area contributed by atoms with E-state index in [9.17, 15) is 30.8 Å². The van der Waals surface area contributed by atoms with Gasteiger partial charge < -0.3 is 14.6 Å². The SMILES string of the molecule is Cc1c(C(=O)Nc2ccc(S(C)(=O)=O)cc2)cc(C[C@@H](C)F)n1-c1ccc(F)cc1OC(F)F. The number of hydrogen-bond donors (Lipinski definition) is 1. The third-order valence-electron chi connectivity index (χ3n) is 4.98. The summed E-state index contributed by atoms with van der Waals surface area (Å²) in [5, 5.41) is 2.63. The number of hydrogen-bond acceptors (Lipinski definition) is 4. The molecular formula is C23H22F4N2O4S. The molecule has 1 N–H and O–H groups in total. The second-order valence-electron chi connectivity index (χ2n) is 7.70. The zero-order valence-electron chi connectivity index (χ0n) is 18.5. The number of alkyl halides is 3. The smallest absolute Gasteiger partial charge is 0.387 e. The number of rotatable bonds is 8. The van der Waals surface area contributed by atoms with Gasteiger partial charge in [-0.05, 0) is 56.3 Å². The summed E-state index contributed by atoms with van der Waals surface area (Å²) < 4.78 is 82.5. The number of sulfone groups is 1. The van der Waals surface area contributed by atoms with Crippen LogP contribution in [0.15, 0.2) is 53.4 Å². The molecule has 0 radical (unpaired) electrons. The van der Waals surface area contributed by atoms with Crippen LogP contribution in [0.3, 0.4) is 0 Å². The van der Waals surface area contributed by atoms with Crippen molar-refractivity contribution >= 4 is 21.4 Å². The van der Waals surface area contributed by atoms with Crippen molar-refractivity contribution in [3.05, 3.63) is 71.3 Å². The average molecular weight is 498 g/mol. The minimum Gasteiger partial charge on any atom is -0.432 e. The van der Waals surface area contributed by atoms with E-state index in [-0.39, 0.29) is 34.0 Å². The summed E-state index contributed by atoms with van der Waals surface area (Å²) in [4.78, 5) is 13.0. The molecule has 11 heteroatoms. The molecule has 0 saturated heterocycles. The van der Waals surface area contributed by atoms with Gasteiger partial charge in [0.25, 0.3) is 5.91 Å². The van der Waals surface area contributed by atoms with Crippen LogP contribution in [0.1, 0.15) is 28.7 Å². The summed E-state index contributed by atoms with van der Waals surface area (Å²) in [7, 11) is -3.41. The van der Waals surface area contributed by atoms with Crippen molar-refractivity contribution in [1.29, 1.82) is 0 Å². The molecule has 34 heavy (non-hydrogen) atoms. The Morgan fingerprint density at radius 3 is 2.29 bits per heavy atom. The average Bonchev–Trinajstić information content (AvgIpc) is 3.03. The first-order valence-electron chi connectivity index (χ1n) is 10.1. The third-order valence-corrected chi connectivity index (χ3v) is 6.11. The molecule has 182 valence electrons. The van der Waals surface area contributed by atoms with Gasteiger partial charge in [0.2, 0.25) is 0 Å². The first kappa shape index (κ1) is 25.3. The van der Waals surface area contributed by atoms with Gasteiger partial charge in [-0.1, -0.05) is 0 Å². The van der Waals surface area contributed by atoms with Crippen molar-refractivity contribution in [3.8, 4) is 11.4 Å². The zero-order chi connectivity index (χ0) is 25.2. The molecule has 1 aromatic heterocycles. The van der Waals surface area contributed by atoms with Crippen molar-refractivity contribution in [2.24, 2.45) is 0 Å². The summed E-state index contributed by atoms with van der Waals surface area (Å²) >= 11 is 0. The van der Waals surface area contributed by atoms with Gasteiger partial charge in [0.15, 0.2) is 15.6 Å². The van der Waals surface area contributed by atoms with E-state index >= 15 is 0 Å². The van der Waals surface area contributed by atoms with Crippen molar-refractivity contribution in [2.45, 2.75) is 37.9 Å². The van der Waals surface area contributed by atoms with Gasteiger partial charge in [0.1, 0.15) is 12.0 Å². The minimum absolute atomic E-state index is 0.0198. The monoisotopic (exact) mass is 498 g/mol. The highest BCUT2D eigenvalue weighted by molar-refractivity contribution is 7.90. The summed E-state index contributed by atoms with van der Waals surface area (Å²) in [6, 6.07) is 9.96. The molecule has 0 unspecified atom stereocenters. The van der Waals surface area contributed by atoms with E-state index in [0.29, 0.717) is 5.69 Å². The van der Waals surface area contributed by atoms with Crippen LogP contribution in [-0.2, 0) is 16.3 Å². The molecule has 0 spiro atoms. The standard InChI is InChI=1S/C23H22F4N2O4S/c1-13(24)10-17-12-19(22(30)28-16-5-7-18(8-6-16)34(3,31)32)14(2)29(17)20-9-4-15(25)11-21(20)33-23(26)27/h4-9,11-13,23H,10H2,1-3H3,(H,28,30)/t13-/m1/s1. The number of carbonyl (C=O) groups is 1. The molecule has 3 rings (SSSR count). The first-order valence-corrected chi connectivity index (χ1v) is 12.0. The lowest BCUT2D eigenvalue weighted by Gasteiger charge is -2.17. The number of amides is 1. The molecule has 1 heterocycles. The highest BCUT2D eigenvalue weighted by Crippen LogP contribution is 2.31. The molecule has 1 atom stereocenters. The second kappa shape index (κ2) is 9.88. The lowest BCUT2D eigenvalue weighted by atomic mass is 10.2. The predicted octanol–water partition coefficient (Wildman–Crippen LogP) is 5.08. The molecule has 0 aliphatic rings. The van der Waals surface area contributed by atoms with Gasteiger partial charge in [-0.25, -0.2) is 17.2 Å². The molecular weight excluding hydrogens is 476 g/mol. The Morgan fingerprint density at radius 1 is 1.09 bits per heavy atom. The lowest BCUT2D eigenvalue weighted by molar-refractivity contribution is -0.0500. The number of benzene rings is 2. The van der Waals surface area contributed by atoms with E-state index in [4.69, 9.17) is 0 Å². The van der Waals surface area contributed by atoms with Crippen molar-refractivity contribution < 1.29 is 35.5 Å². The van der Waals surface area contributed by atoms with Crippen molar-refractivity contribution in [2.75, 3.05) is 11.6 Å². The number of nitrogens with one attached hydrogen (secondary N) is 1. The zero-order valence-corrected chi connectivity index (χ0v) is 19.3. The van der Waals surface area contributed by atoms with E-state index in [1.54, 1.807) is 0 Å². The van der Waals surface area contributed by atoms with Crippen LogP contribution in [0.25, 0.3) is 5.69 Å². The summed E-state index contributed by atoms with van der Waals surface area (Å²) in [6.45, 7) is -0.391. The van der Waals surface area contributed by atoms with Crippen molar-refractivity contribution in [3.63, 3.8) is 0 Å². The molecule has 0 fully saturated rings. The summed E-state index contributed by atoms with van der Waals surface area (Å²) in [5.41, 5.74) is 1.03. The number of ether oxygens (including phenoxy) is 1. The first-order chi connectivity index (χ1) is 15.9. The van der Waals surface area contributed by atoms with Crippen LogP contribution in [0.4, 0.5) is 23.2 Å². The molecule has 1 amide bonds. The van der Waals surface area contributed by atoms with E-state index in [2.05, 4.69) is 10.1 Å². The Bertz CT molecular complexity index is 1300. The lowest BCUT2D eigenvalue weighted by Crippen LogP contribution is -2.14. The van der Waals surface area contributed by atoms with Gasteiger partial charge in [0, 0.05) is 35.8 Å². The fourth-order valence-corrected chi connectivity index (χ4v) is 4.15. The van der Waals surface area contributed by atoms with Crippen LogP contribution in [-0.4, -0.2) is 37.9 Å². The number of nitrogens with zero attached hydrogens (tertiary/aromatic N) is 1. The topological polar surface area (TPSA) is 77.4 Å². The van der Waals surface area contributed by atoms with Gasteiger partial charge in [-0.15, -0.1) is 0 Å². The van der Waals surface area contributed by atoms with Crippen LogP contribution in [0, 0.1) is 12.7 Å². The third kappa shape index (κ3) is 5.77. The van der Waals surface area contributed by atoms with Crippen molar-refractivity contribution in [1.82, 2.24) is 4.57 Å². The summed E-state index contributed by atoms with van der Waals surface area (Å²) in [6.07, 6.45) is -0.420. The Hall–Kier alpha value is -3.34. The summed E-state index contributed by atoms with van der Waals surface area (Å²) in [5.74, 6) is -1.86. The maximum atomic E-state index is 13.9. The van der Waals surface area contributed by atoms with Crippen LogP contribution >= 0.6 is 0 Å². The van der Waals surface area contributed by atoms with Gasteiger partial charge in [0.05, 0.1) is 16.1 Å². The number of carbonyl (C=O) groups excluding carboxylic acids is 1. The Balaban J connectivity index is 2.03. The number of anilines is 1. The second-order valence-corrected chi connectivity index (χ2v) is 9.71. The highest BCUT2D eigenvalue weighted by atomic mass is 32.2. The van der Waals surface area contributed by atoms with E-state index in [1.807, 2.05) is 0 Å². The van der Waals surface area contributed by atoms with Gasteiger partial charge in [-0.2, -0.15) is 8.78 Å². The molecule has 2 aromatic carbocycles. The minimum atomic E-state index is -3.41. The predicted molar refractivity (Wildman–Crippen MR) is 119 cm³/mol. The van der Waals surface area contributed by atoms with Crippen LogP contribution in [0.2, 0.25) is 0 Å². The quantitative estimate of drug-likeness (QED) is 0.440. The maximum absolute atomic E-state index is 13.9. The fourth-order valence-electron chi connectivity index (χ4n) is 3.52. The Morgan fingerprint density at radius 2 is 1.74 bits per heavy atom. The fraction of sp³-hybridized carbons (Fsp3) is 0.261. The van der Waals surface area contributed by atoms with Crippen LogP contribution in [0.5, 0.6) is 5.75 Å². The highest BCUT2D eigenvalue weighted by Gasteiger charge is 2.23. The van der Waals surface area contributed by atoms with Gasteiger partial charge in [-0.3, -0.25) is 4.79 Å². The van der Waals surface area contributed by atoms with E-state index in [1.165, 1.54) is 54.8 Å². The number of halogens is 4. The van der Waals surface area contributed by atoms with Gasteiger partial charge >= 0.3 is 6.61 Å². The molecule has 0 aliphatic heterocycles. The molecule has 3 aromatic rings. The molecule has 0 bridgehead atoms. The Labute approximate surface area is 194 Å². The van der Waals surface area contributed by atoms with E-state index in [0.717, 1.165) is 18.4 Å². The van der Waals surface area contributed by atoms with E-state index < -0.39 is 40.1 Å². The maximum Gasteiger partial charge on any atom is 0.387 e. The number of aromatic nitrogens is 1. The Kier molecular flexibility index (Phi) is 7.35. The largest absolute Gasteiger partial charge is 0.432 e.